The Labute approximate surface area is 262 Å². The number of esters is 1. The van der Waals surface area contributed by atoms with Gasteiger partial charge in [0.15, 0.2) is 0 Å². The van der Waals surface area contributed by atoms with Gasteiger partial charge in [-0.1, -0.05) is 17.7 Å². The van der Waals surface area contributed by atoms with Crippen LogP contribution >= 0.6 is 11.6 Å². The minimum Gasteiger partial charge on any atom is -0.470 e. The summed E-state index contributed by atoms with van der Waals surface area (Å²) in [6.45, 7) is 1.38. The molecule has 7 rings (SSSR count). The molecule has 5 aromatic rings. The second kappa shape index (κ2) is 12.4. The number of furan rings is 1. The summed E-state index contributed by atoms with van der Waals surface area (Å²) in [5.74, 6) is 0.777. The molecule has 9 nitrogen and oxygen atoms in total. The molecule has 0 unspecified atom stereocenters. The summed E-state index contributed by atoms with van der Waals surface area (Å²) in [4.78, 5) is 25.9. The Hall–Kier alpha value is -4.09. The summed E-state index contributed by atoms with van der Waals surface area (Å²) >= 11 is 6.15. The van der Waals surface area contributed by atoms with Gasteiger partial charge in [-0.25, -0.2) is 14.8 Å². The third kappa shape index (κ3) is 5.98. The predicted molar refractivity (Wildman–Crippen MR) is 161 cm³/mol. The molecule has 2 fully saturated rings. The van der Waals surface area contributed by atoms with Gasteiger partial charge in [-0.05, 0) is 62.3 Å². The highest BCUT2D eigenvalue weighted by Gasteiger charge is 2.28. The SMILES string of the molecule is COC(=O)c1ccc2nc(CC3CCC(c4ncc(F)c(OCc5ccc(Cl)c6cc(F)oc56)n4)CC3)n(C[C@@H]3CCO3)c2c1. The number of hydrogen-bond acceptors (Lipinski definition) is 8. The highest BCUT2D eigenvalue weighted by molar-refractivity contribution is 6.35. The number of aromatic nitrogens is 4. The van der Waals surface area contributed by atoms with Crippen molar-refractivity contribution in [1.82, 2.24) is 19.5 Å². The van der Waals surface area contributed by atoms with E-state index in [9.17, 15) is 13.6 Å². The molecule has 1 saturated heterocycles. The van der Waals surface area contributed by atoms with Gasteiger partial charge < -0.3 is 23.2 Å². The van der Waals surface area contributed by atoms with Crippen molar-refractivity contribution < 1.29 is 32.2 Å². The van der Waals surface area contributed by atoms with E-state index in [-0.39, 0.29) is 36.1 Å². The number of imidazole rings is 1. The summed E-state index contributed by atoms with van der Waals surface area (Å²) in [6, 6.07) is 9.18. The van der Waals surface area contributed by atoms with Crippen LogP contribution in [0.15, 0.2) is 47.0 Å². The fraction of sp³-hybridized carbons (Fsp3) is 0.394. The molecular weight excluding hydrogens is 606 g/mol. The molecule has 1 aliphatic carbocycles. The number of benzene rings is 2. The third-order valence-electron chi connectivity index (χ3n) is 8.89. The van der Waals surface area contributed by atoms with Crippen molar-refractivity contribution in [2.75, 3.05) is 13.7 Å². The number of rotatable bonds is 9. The van der Waals surface area contributed by atoms with Crippen molar-refractivity contribution in [3.63, 3.8) is 0 Å². The first-order valence-electron chi connectivity index (χ1n) is 15.1. The highest BCUT2D eigenvalue weighted by atomic mass is 35.5. The summed E-state index contributed by atoms with van der Waals surface area (Å²) in [7, 11) is 1.38. The molecule has 2 aliphatic rings. The van der Waals surface area contributed by atoms with Crippen molar-refractivity contribution in [3.05, 3.63) is 82.2 Å². The van der Waals surface area contributed by atoms with Crippen molar-refractivity contribution in [2.45, 2.75) is 63.7 Å². The minimum absolute atomic E-state index is 0.0652. The minimum atomic E-state index is -0.761. The van der Waals surface area contributed by atoms with E-state index in [0.717, 1.165) is 68.2 Å². The van der Waals surface area contributed by atoms with E-state index in [0.29, 0.717) is 39.8 Å². The van der Waals surface area contributed by atoms with Crippen LogP contribution in [0.2, 0.25) is 5.02 Å². The maximum atomic E-state index is 14.7. The van der Waals surface area contributed by atoms with E-state index >= 15 is 0 Å². The quantitative estimate of drug-likeness (QED) is 0.157. The van der Waals surface area contributed by atoms with Gasteiger partial charge in [0, 0.05) is 36.0 Å². The van der Waals surface area contributed by atoms with Crippen LogP contribution in [0.5, 0.6) is 5.88 Å². The Bertz CT molecular complexity index is 1880. The van der Waals surface area contributed by atoms with Gasteiger partial charge in [-0.3, -0.25) is 0 Å². The number of ether oxygens (including phenoxy) is 3. The van der Waals surface area contributed by atoms with Crippen LogP contribution < -0.4 is 4.74 Å². The molecule has 4 heterocycles. The van der Waals surface area contributed by atoms with E-state index in [1.54, 1.807) is 18.2 Å². The zero-order valence-electron chi connectivity index (χ0n) is 24.6. The van der Waals surface area contributed by atoms with Gasteiger partial charge in [-0.2, -0.15) is 13.8 Å². The lowest BCUT2D eigenvalue weighted by Gasteiger charge is -2.29. The van der Waals surface area contributed by atoms with Crippen LogP contribution in [0, 0.1) is 17.7 Å². The smallest absolute Gasteiger partial charge is 0.337 e. The molecule has 0 N–H and O–H groups in total. The fourth-order valence-electron chi connectivity index (χ4n) is 6.33. The molecule has 3 aromatic heterocycles. The molecule has 1 aliphatic heterocycles. The van der Waals surface area contributed by atoms with Crippen LogP contribution in [0.3, 0.4) is 0 Å². The third-order valence-corrected chi connectivity index (χ3v) is 9.22. The average molecular weight is 637 g/mol. The van der Waals surface area contributed by atoms with Crippen LogP contribution in [0.25, 0.3) is 22.0 Å². The molecule has 1 saturated carbocycles. The van der Waals surface area contributed by atoms with Gasteiger partial charge in [0.05, 0.1) is 47.6 Å². The lowest BCUT2D eigenvalue weighted by molar-refractivity contribution is -0.0590. The standard InChI is InChI=1S/C33H31ClF2N4O5/c1-42-33(41)20-7-9-26-27(13-20)40(16-22-10-11-43-22)29(38-26)12-18-2-4-19(5-3-18)31-37-15-25(35)32(39-31)44-17-21-6-8-24(34)23-14-28(36)45-30(21)23/h6-9,13-15,18-19,22H,2-5,10-12,16-17H2,1H3/t18?,19?,22-/m0/s1. The molecule has 0 radical (unpaired) electrons. The first-order chi connectivity index (χ1) is 21.9. The molecule has 12 heteroatoms. The molecule has 0 bridgehead atoms. The molecule has 0 amide bonds. The largest absolute Gasteiger partial charge is 0.470 e. The van der Waals surface area contributed by atoms with Crippen molar-refractivity contribution in [2.24, 2.45) is 5.92 Å². The van der Waals surface area contributed by atoms with E-state index in [4.69, 9.17) is 35.2 Å². The monoisotopic (exact) mass is 636 g/mol. The number of methoxy groups -OCH3 is 1. The summed E-state index contributed by atoms with van der Waals surface area (Å²) in [5, 5.41) is 0.776. The molecular formula is C33H31ClF2N4O5. The Balaban J connectivity index is 1.03. The number of fused-ring (bicyclic) bond motifs is 2. The number of carbonyl (C=O) groups is 1. The van der Waals surface area contributed by atoms with E-state index in [1.807, 2.05) is 12.1 Å². The maximum Gasteiger partial charge on any atom is 0.337 e. The number of carbonyl (C=O) groups excluding carboxylic acids is 1. The van der Waals surface area contributed by atoms with Crippen molar-refractivity contribution in [1.29, 1.82) is 0 Å². The Kier molecular flexibility index (Phi) is 8.14. The van der Waals surface area contributed by atoms with Gasteiger partial charge >= 0.3 is 5.97 Å². The number of halogens is 3. The first kappa shape index (κ1) is 29.6. The van der Waals surface area contributed by atoms with Crippen LogP contribution in [0.1, 0.15) is 65.6 Å². The van der Waals surface area contributed by atoms with Crippen molar-refractivity contribution in [3.8, 4) is 5.88 Å². The Morgan fingerprint density at radius 1 is 1.09 bits per heavy atom. The molecule has 234 valence electrons. The zero-order chi connectivity index (χ0) is 31.1. The van der Waals surface area contributed by atoms with Crippen molar-refractivity contribution >= 4 is 39.6 Å². The average Bonchev–Trinajstić information content (AvgIpc) is 3.59. The van der Waals surface area contributed by atoms with E-state index < -0.39 is 11.8 Å². The summed E-state index contributed by atoms with van der Waals surface area (Å²) in [5.41, 5.74) is 3.02. The van der Waals surface area contributed by atoms with E-state index in [1.165, 1.54) is 13.2 Å². The molecule has 45 heavy (non-hydrogen) atoms. The van der Waals surface area contributed by atoms with Crippen LogP contribution in [-0.4, -0.2) is 45.3 Å². The number of nitrogens with zero attached hydrogens (tertiary/aromatic N) is 4. The molecule has 1 atom stereocenters. The Morgan fingerprint density at radius 2 is 1.91 bits per heavy atom. The second-order valence-electron chi connectivity index (χ2n) is 11.7. The molecule has 0 spiro atoms. The van der Waals surface area contributed by atoms with Gasteiger partial charge in [0.1, 0.15) is 23.8 Å². The topological polar surface area (TPSA) is 102 Å². The summed E-state index contributed by atoms with van der Waals surface area (Å²) < 4.78 is 52.1. The van der Waals surface area contributed by atoms with Gasteiger partial charge in [0.25, 0.3) is 11.9 Å². The predicted octanol–water partition coefficient (Wildman–Crippen LogP) is 7.18. The highest BCUT2D eigenvalue weighted by Crippen LogP contribution is 2.37. The second-order valence-corrected chi connectivity index (χ2v) is 12.1. The lowest BCUT2D eigenvalue weighted by Crippen LogP contribution is -2.32. The Morgan fingerprint density at radius 3 is 2.67 bits per heavy atom. The van der Waals surface area contributed by atoms with Gasteiger partial charge in [0.2, 0.25) is 5.82 Å². The zero-order valence-corrected chi connectivity index (χ0v) is 25.4. The number of hydrogen-bond donors (Lipinski definition) is 0. The first-order valence-corrected chi connectivity index (χ1v) is 15.4. The molecule has 2 aromatic carbocycles. The normalized spacial score (nSPS) is 20.0. The van der Waals surface area contributed by atoms with Gasteiger partial charge in [-0.15, -0.1) is 0 Å². The maximum absolute atomic E-state index is 14.7. The van der Waals surface area contributed by atoms with E-state index in [2.05, 4.69) is 14.5 Å². The summed E-state index contributed by atoms with van der Waals surface area (Å²) in [6.07, 6.45) is 6.63. The fourth-order valence-corrected chi connectivity index (χ4v) is 6.53. The van der Waals surface area contributed by atoms with Crippen LogP contribution in [-0.2, 0) is 29.0 Å². The lowest BCUT2D eigenvalue weighted by atomic mass is 9.80. The van der Waals surface area contributed by atoms with Crippen LogP contribution in [0.4, 0.5) is 8.78 Å².